The Labute approximate surface area is 87.5 Å². The lowest BCUT2D eigenvalue weighted by Gasteiger charge is -2.17. The van der Waals surface area contributed by atoms with Crippen molar-refractivity contribution in [1.82, 2.24) is 5.32 Å². The summed E-state index contributed by atoms with van der Waals surface area (Å²) < 4.78 is 0. The Balaban J connectivity index is 2.60. The van der Waals surface area contributed by atoms with Crippen LogP contribution in [-0.2, 0) is 0 Å². The van der Waals surface area contributed by atoms with Gasteiger partial charge in [-0.1, -0.05) is 36.8 Å². The van der Waals surface area contributed by atoms with Crippen LogP contribution in [0.1, 0.15) is 37.3 Å². The molecule has 1 N–H and O–H groups in total. The molecule has 78 valence electrons. The van der Waals surface area contributed by atoms with Crippen molar-refractivity contribution >= 4 is 0 Å². The fraction of sp³-hybridized carbons (Fsp3) is 0.538. The van der Waals surface area contributed by atoms with Crippen LogP contribution < -0.4 is 5.32 Å². The monoisotopic (exact) mass is 191 g/mol. The summed E-state index contributed by atoms with van der Waals surface area (Å²) in [6, 6.07) is 9.45. The number of benzene rings is 1. The number of nitrogens with one attached hydrogen (secondary N) is 1. The third-order valence-electron chi connectivity index (χ3n) is 2.85. The zero-order chi connectivity index (χ0) is 10.6. The maximum absolute atomic E-state index is 3.28. The second-order valence-electron chi connectivity index (χ2n) is 4.24. The highest BCUT2D eigenvalue weighted by molar-refractivity contribution is 5.24. The summed E-state index contributed by atoms with van der Waals surface area (Å²) in [5, 5.41) is 3.28. The van der Waals surface area contributed by atoms with Crippen molar-refractivity contribution < 1.29 is 0 Å². The van der Waals surface area contributed by atoms with E-state index in [0.29, 0.717) is 12.0 Å². The van der Waals surface area contributed by atoms with Gasteiger partial charge in [-0.25, -0.2) is 0 Å². The van der Waals surface area contributed by atoms with Crippen LogP contribution >= 0.6 is 0 Å². The Morgan fingerprint density at radius 2 is 1.71 bits per heavy atom. The molecule has 0 fully saturated rings. The topological polar surface area (TPSA) is 12.0 Å². The molecule has 0 radical (unpaired) electrons. The van der Waals surface area contributed by atoms with Crippen LogP contribution in [0.15, 0.2) is 24.3 Å². The van der Waals surface area contributed by atoms with E-state index in [4.69, 9.17) is 0 Å². The fourth-order valence-electron chi connectivity index (χ4n) is 1.68. The summed E-state index contributed by atoms with van der Waals surface area (Å²) in [6.45, 7) is 6.65. The minimum Gasteiger partial charge on any atom is -0.317 e. The normalized spacial score (nSPS) is 15.1. The maximum atomic E-state index is 3.28. The molecule has 1 nitrogen and oxygen atoms in total. The molecule has 1 heteroatoms. The molecule has 0 aromatic heterocycles. The Hall–Kier alpha value is -0.820. The van der Waals surface area contributed by atoms with Gasteiger partial charge < -0.3 is 5.32 Å². The highest BCUT2D eigenvalue weighted by atomic mass is 14.8. The molecule has 0 amide bonds. The van der Waals surface area contributed by atoms with Crippen molar-refractivity contribution in [1.29, 1.82) is 0 Å². The fourth-order valence-corrected chi connectivity index (χ4v) is 1.68. The molecule has 0 aliphatic carbocycles. The van der Waals surface area contributed by atoms with Crippen LogP contribution in [0.5, 0.6) is 0 Å². The first-order valence-corrected chi connectivity index (χ1v) is 5.37. The van der Waals surface area contributed by atoms with E-state index in [1.165, 1.54) is 17.5 Å². The van der Waals surface area contributed by atoms with E-state index in [1.807, 2.05) is 7.05 Å². The molecule has 14 heavy (non-hydrogen) atoms. The molecule has 0 aliphatic rings. The van der Waals surface area contributed by atoms with Crippen LogP contribution in [0.25, 0.3) is 0 Å². The van der Waals surface area contributed by atoms with Crippen LogP contribution in [0, 0.1) is 6.92 Å². The summed E-state index contributed by atoms with van der Waals surface area (Å²) in [4.78, 5) is 0. The van der Waals surface area contributed by atoms with Gasteiger partial charge in [-0.05, 0) is 38.8 Å². The zero-order valence-electron chi connectivity index (χ0n) is 9.67. The molecule has 0 spiro atoms. The van der Waals surface area contributed by atoms with E-state index in [9.17, 15) is 0 Å². The molecule has 0 bridgehead atoms. The lowest BCUT2D eigenvalue weighted by molar-refractivity contribution is 0.516. The zero-order valence-corrected chi connectivity index (χ0v) is 9.67. The molecular weight excluding hydrogens is 170 g/mol. The lowest BCUT2D eigenvalue weighted by atomic mass is 9.94. The molecule has 2 unspecified atom stereocenters. The molecular formula is C13H21N. The summed E-state index contributed by atoms with van der Waals surface area (Å²) in [6.07, 6.45) is 1.19. The molecule has 1 aromatic carbocycles. The van der Waals surface area contributed by atoms with Crippen LogP contribution in [0.3, 0.4) is 0 Å². The molecule has 1 aromatic rings. The Morgan fingerprint density at radius 3 is 2.21 bits per heavy atom. The smallest absolute Gasteiger partial charge is 0.00414 e. The molecule has 0 aliphatic heterocycles. The van der Waals surface area contributed by atoms with E-state index >= 15 is 0 Å². The van der Waals surface area contributed by atoms with E-state index in [2.05, 4.69) is 50.4 Å². The number of hydrogen-bond acceptors (Lipinski definition) is 1. The van der Waals surface area contributed by atoms with Gasteiger partial charge in [-0.3, -0.25) is 0 Å². The lowest BCUT2D eigenvalue weighted by Crippen LogP contribution is -2.22. The second-order valence-corrected chi connectivity index (χ2v) is 4.24. The maximum Gasteiger partial charge on any atom is 0.00414 e. The van der Waals surface area contributed by atoms with Gasteiger partial charge in [0.2, 0.25) is 0 Å². The first-order valence-electron chi connectivity index (χ1n) is 5.37. The van der Waals surface area contributed by atoms with Crippen LogP contribution in [0.2, 0.25) is 0 Å². The third-order valence-corrected chi connectivity index (χ3v) is 2.85. The van der Waals surface area contributed by atoms with E-state index in [-0.39, 0.29) is 0 Å². The van der Waals surface area contributed by atoms with Crippen LogP contribution in [0.4, 0.5) is 0 Å². The summed E-state index contributed by atoms with van der Waals surface area (Å²) in [5.41, 5.74) is 2.78. The minimum atomic E-state index is 0.589. The van der Waals surface area contributed by atoms with Gasteiger partial charge in [0.05, 0.1) is 0 Å². The quantitative estimate of drug-likeness (QED) is 0.771. The predicted octanol–water partition coefficient (Wildman–Crippen LogP) is 3.10. The Kier molecular flexibility index (Phi) is 4.15. The second kappa shape index (κ2) is 5.16. The summed E-state index contributed by atoms with van der Waals surface area (Å²) in [7, 11) is 2.02. The van der Waals surface area contributed by atoms with Crippen molar-refractivity contribution in [3.63, 3.8) is 0 Å². The Bertz CT molecular complexity index is 263. The number of hydrogen-bond donors (Lipinski definition) is 1. The highest BCUT2D eigenvalue weighted by Crippen LogP contribution is 2.20. The highest BCUT2D eigenvalue weighted by Gasteiger charge is 2.08. The first kappa shape index (κ1) is 11.3. The van der Waals surface area contributed by atoms with Gasteiger partial charge in [0.15, 0.2) is 0 Å². The van der Waals surface area contributed by atoms with Crippen molar-refractivity contribution in [3.8, 4) is 0 Å². The van der Waals surface area contributed by atoms with Crippen LogP contribution in [-0.4, -0.2) is 13.1 Å². The van der Waals surface area contributed by atoms with Crippen molar-refractivity contribution in [2.24, 2.45) is 0 Å². The first-order chi connectivity index (χ1) is 6.63. The van der Waals surface area contributed by atoms with E-state index in [0.717, 1.165) is 0 Å². The molecule has 2 atom stereocenters. The van der Waals surface area contributed by atoms with Gasteiger partial charge >= 0.3 is 0 Å². The van der Waals surface area contributed by atoms with E-state index in [1.54, 1.807) is 0 Å². The van der Waals surface area contributed by atoms with Gasteiger partial charge in [0.1, 0.15) is 0 Å². The van der Waals surface area contributed by atoms with Gasteiger partial charge in [-0.15, -0.1) is 0 Å². The molecule has 1 rings (SSSR count). The average Bonchev–Trinajstić information content (AvgIpc) is 2.18. The number of aryl methyl sites for hydroxylation is 1. The number of rotatable bonds is 4. The van der Waals surface area contributed by atoms with Gasteiger partial charge in [-0.2, -0.15) is 0 Å². The molecule has 0 heterocycles. The standard InChI is InChI=1S/C13H21N/c1-10-5-7-13(8-6-10)11(2)9-12(3)14-4/h5-8,11-12,14H,9H2,1-4H3. The van der Waals surface area contributed by atoms with Crippen molar-refractivity contribution in [2.75, 3.05) is 7.05 Å². The third kappa shape index (κ3) is 3.15. The largest absolute Gasteiger partial charge is 0.317 e. The van der Waals surface area contributed by atoms with Crippen molar-refractivity contribution in [2.45, 2.75) is 39.2 Å². The average molecular weight is 191 g/mol. The summed E-state index contributed by atoms with van der Waals surface area (Å²) >= 11 is 0. The van der Waals surface area contributed by atoms with Gasteiger partial charge in [0.25, 0.3) is 0 Å². The van der Waals surface area contributed by atoms with E-state index < -0.39 is 0 Å². The SMILES string of the molecule is CNC(C)CC(C)c1ccc(C)cc1. The molecule has 0 saturated carbocycles. The predicted molar refractivity (Wildman–Crippen MR) is 62.7 cm³/mol. The van der Waals surface area contributed by atoms with Gasteiger partial charge in [0, 0.05) is 6.04 Å². The minimum absolute atomic E-state index is 0.589. The summed E-state index contributed by atoms with van der Waals surface area (Å²) in [5.74, 6) is 0.637. The molecule has 0 saturated heterocycles. The van der Waals surface area contributed by atoms with Crippen molar-refractivity contribution in [3.05, 3.63) is 35.4 Å². The Morgan fingerprint density at radius 1 is 1.14 bits per heavy atom.